The van der Waals surface area contributed by atoms with Gasteiger partial charge < -0.3 is 25.6 Å². The summed E-state index contributed by atoms with van der Waals surface area (Å²) >= 11 is 6.25. The van der Waals surface area contributed by atoms with Crippen LogP contribution < -0.4 is 11.1 Å². The molecular weight excluding hydrogens is 539 g/mol. The van der Waals surface area contributed by atoms with Crippen LogP contribution in [0.5, 0.6) is 0 Å². The molecule has 1 aliphatic rings. The first-order valence-electron chi connectivity index (χ1n) is 14.6. The van der Waals surface area contributed by atoms with Gasteiger partial charge in [-0.15, -0.1) is 0 Å². The molecule has 0 radical (unpaired) electrons. The van der Waals surface area contributed by atoms with Gasteiger partial charge in [-0.3, -0.25) is 0 Å². The Hall–Kier alpha value is -3.04. The van der Waals surface area contributed by atoms with E-state index in [-0.39, 0.29) is 23.1 Å². The van der Waals surface area contributed by atoms with Gasteiger partial charge in [-0.1, -0.05) is 42.5 Å². The van der Waals surface area contributed by atoms with Crippen LogP contribution in [0, 0.1) is 11.7 Å². The molecule has 9 heteroatoms. The van der Waals surface area contributed by atoms with Gasteiger partial charge in [0.15, 0.2) is 0 Å². The minimum Gasteiger partial charge on any atom is -0.393 e. The summed E-state index contributed by atoms with van der Waals surface area (Å²) in [7, 11) is 0. The molecule has 4 aromatic rings. The topological polar surface area (TPSA) is 92.2 Å². The number of aromatic nitrogens is 3. The summed E-state index contributed by atoms with van der Waals surface area (Å²) in [6, 6.07) is 17.3. The van der Waals surface area contributed by atoms with Crippen molar-refractivity contribution in [3.05, 3.63) is 77.5 Å². The molecule has 218 valence electrons. The van der Waals surface area contributed by atoms with E-state index in [1.54, 1.807) is 0 Å². The standard InChI is InChI=1S/C32H40ClFN6O/c1-21(2)39(16-6-14-36-15-13-22-9-11-25(34)12-10-22)19-24-17-26(18-28(24)41)40-20-27(23-7-4-3-5-8-23)29-30(35)37-32(33)38-31(29)40/h3-5,7-12,20-21,24,26,28,36,41H,6,13-19H2,1-2H3,(H2,35,37,38)/t24-,26-,28+/m1/s1. The van der Waals surface area contributed by atoms with Crippen LogP contribution in [-0.4, -0.2) is 62.9 Å². The Morgan fingerprint density at radius 2 is 1.85 bits per heavy atom. The summed E-state index contributed by atoms with van der Waals surface area (Å²) in [6.07, 6.45) is 5.10. The number of rotatable bonds is 12. The van der Waals surface area contributed by atoms with Crippen molar-refractivity contribution in [1.29, 1.82) is 0 Å². The van der Waals surface area contributed by atoms with E-state index in [1.807, 2.05) is 30.3 Å². The number of nitrogen functional groups attached to an aromatic ring is 1. The number of hydrogen-bond acceptors (Lipinski definition) is 6. The maximum atomic E-state index is 13.1. The number of nitrogens with two attached hydrogens (primary N) is 1. The zero-order valence-corrected chi connectivity index (χ0v) is 24.6. The van der Waals surface area contributed by atoms with E-state index < -0.39 is 6.10 Å². The van der Waals surface area contributed by atoms with Crippen LogP contribution in [0.1, 0.15) is 44.7 Å². The summed E-state index contributed by atoms with van der Waals surface area (Å²) in [5, 5.41) is 15.6. The van der Waals surface area contributed by atoms with Gasteiger partial charge in [0, 0.05) is 30.4 Å². The molecule has 4 N–H and O–H groups in total. The Kier molecular flexibility index (Phi) is 9.55. The van der Waals surface area contributed by atoms with Crippen molar-refractivity contribution in [2.24, 2.45) is 5.92 Å². The van der Waals surface area contributed by atoms with Gasteiger partial charge in [-0.05, 0) is 99.9 Å². The van der Waals surface area contributed by atoms with Gasteiger partial charge in [-0.2, -0.15) is 4.98 Å². The van der Waals surface area contributed by atoms with Gasteiger partial charge in [0.05, 0.1) is 11.5 Å². The van der Waals surface area contributed by atoms with Gasteiger partial charge >= 0.3 is 0 Å². The Morgan fingerprint density at radius 1 is 1.10 bits per heavy atom. The average Bonchev–Trinajstić information content (AvgIpc) is 3.51. The molecule has 2 aromatic heterocycles. The van der Waals surface area contributed by atoms with E-state index in [1.165, 1.54) is 12.1 Å². The molecule has 0 spiro atoms. The fraction of sp³-hybridized carbons (Fsp3) is 0.438. The second-order valence-corrected chi connectivity index (χ2v) is 11.8. The molecule has 1 fully saturated rings. The largest absolute Gasteiger partial charge is 0.393 e. The molecule has 2 heterocycles. The van der Waals surface area contributed by atoms with E-state index >= 15 is 0 Å². The smallest absolute Gasteiger partial charge is 0.226 e. The lowest BCUT2D eigenvalue weighted by molar-refractivity contribution is 0.0903. The fourth-order valence-corrected chi connectivity index (χ4v) is 6.21. The van der Waals surface area contributed by atoms with Crippen LogP contribution in [0.3, 0.4) is 0 Å². The third kappa shape index (κ3) is 7.07. The first-order valence-corrected chi connectivity index (χ1v) is 14.9. The van der Waals surface area contributed by atoms with Crippen molar-refractivity contribution in [1.82, 2.24) is 24.8 Å². The van der Waals surface area contributed by atoms with E-state index in [0.717, 1.165) is 67.5 Å². The third-order valence-electron chi connectivity index (χ3n) is 8.29. The Morgan fingerprint density at radius 3 is 2.59 bits per heavy atom. The Labute approximate surface area is 246 Å². The van der Waals surface area contributed by atoms with Crippen molar-refractivity contribution in [3.63, 3.8) is 0 Å². The number of fused-ring (bicyclic) bond motifs is 1. The molecule has 1 aliphatic carbocycles. The first-order chi connectivity index (χ1) is 19.8. The lowest BCUT2D eigenvalue weighted by Crippen LogP contribution is -2.39. The van der Waals surface area contributed by atoms with Gasteiger partial charge in [0.1, 0.15) is 17.3 Å². The average molecular weight is 579 g/mol. The fourth-order valence-electron chi connectivity index (χ4n) is 6.04. The van der Waals surface area contributed by atoms with Crippen molar-refractivity contribution < 1.29 is 9.50 Å². The number of benzene rings is 2. The number of aliphatic hydroxyl groups is 1. The maximum absolute atomic E-state index is 13.1. The van der Waals surface area contributed by atoms with E-state index in [2.05, 4.69) is 56.9 Å². The molecule has 3 atom stereocenters. The number of nitrogens with zero attached hydrogens (tertiary/aromatic N) is 4. The second-order valence-electron chi connectivity index (χ2n) is 11.4. The van der Waals surface area contributed by atoms with Crippen molar-refractivity contribution in [2.45, 2.75) is 57.7 Å². The molecule has 0 bridgehead atoms. The maximum Gasteiger partial charge on any atom is 0.226 e. The molecule has 0 amide bonds. The van der Waals surface area contributed by atoms with E-state index in [4.69, 9.17) is 17.3 Å². The number of halogens is 2. The second kappa shape index (κ2) is 13.3. The zero-order valence-electron chi connectivity index (χ0n) is 23.8. The summed E-state index contributed by atoms with van der Waals surface area (Å²) in [4.78, 5) is 11.3. The number of aliphatic hydroxyl groups excluding tert-OH is 1. The van der Waals surface area contributed by atoms with E-state index in [9.17, 15) is 9.50 Å². The number of hydrogen-bond donors (Lipinski definition) is 3. The SMILES string of the molecule is CC(C)N(CCCNCCc1ccc(F)cc1)C[C@H]1C[C@@H](n2cc(-c3ccccc3)c3c(N)nc(Cl)nc32)C[C@@H]1O. The molecule has 0 saturated heterocycles. The van der Waals surface area contributed by atoms with Crippen LogP contribution in [0.4, 0.5) is 10.2 Å². The molecule has 0 aliphatic heterocycles. The highest BCUT2D eigenvalue weighted by Crippen LogP contribution is 2.41. The van der Waals surface area contributed by atoms with E-state index in [0.29, 0.717) is 23.9 Å². The van der Waals surface area contributed by atoms with Crippen LogP contribution in [-0.2, 0) is 6.42 Å². The number of nitrogens with one attached hydrogen (secondary N) is 1. The Bertz CT molecular complexity index is 1430. The van der Waals surface area contributed by atoms with Crippen LogP contribution in [0.2, 0.25) is 5.28 Å². The van der Waals surface area contributed by atoms with Gasteiger partial charge in [0.2, 0.25) is 5.28 Å². The molecule has 7 nitrogen and oxygen atoms in total. The quantitative estimate of drug-likeness (QED) is 0.147. The van der Waals surface area contributed by atoms with Crippen molar-refractivity contribution in [2.75, 3.05) is 31.9 Å². The highest BCUT2D eigenvalue weighted by atomic mass is 35.5. The highest BCUT2D eigenvalue weighted by molar-refractivity contribution is 6.29. The van der Waals surface area contributed by atoms with Crippen LogP contribution in [0.25, 0.3) is 22.2 Å². The molecule has 2 aromatic carbocycles. The summed E-state index contributed by atoms with van der Waals surface area (Å²) < 4.78 is 15.2. The summed E-state index contributed by atoms with van der Waals surface area (Å²) in [5.41, 5.74) is 10.2. The Balaban J connectivity index is 1.21. The predicted octanol–water partition coefficient (Wildman–Crippen LogP) is 5.72. The van der Waals surface area contributed by atoms with Gasteiger partial charge in [-0.25, -0.2) is 9.37 Å². The predicted molar refractivity (Wildman–Crippen MR) is 164 cm³/mol. The minimum atomic E-state index is -0.401. The molecule has 5 rings (SSSR count). The molecule has 0 unspecified atom stereocenters. The molecule has 1 saturated carbocycles. The third-order valence-corrected chi connectivity index (χ3v) is 8.45. The van der Waals surface area contributed by atoms with Crippen LogP contribution in [0.15, 0.2) is 60.8 Å². The molecule has 41 heavy (non-hydrogen) atoms. The van der Waals surface area contributed by atoms with Crippen molar-refractivity contribution in [3.8, 4) is 11.1 Å². The first kappa shape index (κ1) is 29.5. The lowest BCUT2D eigenvalue weighted by Gasteiger charge is -2.30. The minimum absolute atomic E-state index is 0.0856. The van der Waals surface area contributed by atoms with Crippen LogP contribution >= 0.6 is 11.6 Å². The van der Waals surface area contributed by atoms with Gasteiger partial charge in [0.25, 0.3) is 0 Å². The number of anilines is 1. The van der Waals surface area contributed by atoms with Crippen molar-refractivity contribution >= 4 is 28.5 Å². The highest BCUT2D eigenvalue weighted by Gasteiger charge is 2.36. The normalized spacial score (nSPS) is 19.1. The summed E-state index contributed by atoms with van der Waals surface area (Å²) in [6.45, 7) is 8.01. The summed E-state index contributed by atoms with van der Waals surface area (Å²) in [5.74, 6) is 0.321. The molecular formula is C32H40ClFN6O. The zero-order chi connectivity index (χ0) is 28.9. The lowest BCUT2D eigenvalue weighted by atomic mass is 10.0. The monoisotopic (exact) mass is 578 g/mol.